The van der Waals surface area contributed by atoms with Crippen LogP contribution in [-0.4, -0.2) is 20.6 Å². The average molecular weight is 420 g/mol. The molecule has 0 aliphatic heterocycles. The first-order valence-electron chi connectivity index (χ1n) is 11.3. The van der Waals surface area contributed by atoms with Crippen molar-refractivity contribution in [3.8, 4) is 0 Å². The fourth-order valence-electron chi connectivity index (χ4n) is 5.26. The molecule has 1 saturated carbocycles. The van der Waals surface area contributed by atoms with Crippen LogP contribution < -0.4 is 5.32 Å². The summed E-state index contributed by atoms with van der Waals surface area (Å²) < 4.78 is 2.30. The SMILES string of the molecule is CC(C)c1ccc(Nc2nc3cc(C(=O)O)ccc3n2[C@H]2C[C@@H](C)CC(C)(C)C2)cc1. The Hall–Kier alpha value is -2.82. The number of carbonyl (C=O) groups is 1. The van der Waals surface area contributed by atoms with Gasteiger partial charge >= 0.3 is 5.97 Å². The molecule has 0 radical (unpaired) electrons. The summed E-state index contributed by atoms with van der Waals surface area (Å²) in [6.07, 6.45) is 3.39. The predicted octanol–water partition coefficient (Wildman–Crippen LogP) is 6.99. The normalized spacial score (nSPS) is 20.8. The molecular formula is C26H33N3O2. The van der Waals surface area contributed by atoms with Crippen molar-refractivity contribution >= 4 is 28.6 Å². The van der Waals surface area contributed by atoms with E-state index in [4.69, 9.17) is 4.98 Å². The van der Waals surface area contributed by atoms with Crippen molar-refractivity contribution < 1.29 is 9.90 Å². The van der Waals surface area contributed by atoms with Gasteiger partial charge in [0, 0.05) is 11.7 Å². The van der Waals surface area contributed by atoms with E-state index in [1.165, 1.54) is 12.0 Å². The van der Waals surface area contributed by atoms with Gasteiger partial charge in [0.2, 0.25) is 5.95 Å². The zero-order valence-electron chi connectivity index (χ0n) is 19.1. The number of imidazole rings is 1. The predicted molar refractivity (Wildman–Crippen MR) is 126 cm³/mol. The zero-order valence-corrected chi connectivity index (χ0v) is 19.1. The van der Waals surface area contributed by atoms with Gasteiger partial charge in [-0.2, -0.15) is 0 Å². The number of aromatic carboxylic acids is 1. The first kappa shape index (κ1) is 21.4. The molecule has 0 amide bonds. The molecule has 5 heteroatoms. The van der Waals surface area contributed by atoms with Gasteiger partial charge in [0.25, 0.3) is 0 Å². The lowest BCUT2D eigenvalue weighted by atomic mass is 9.70. The Labute approximate surface area is 184 Å². The van der Waals surface area contributed by atoms with Crippen molar-refractivity contribution in [2.75, 3.05) is 5.32 Å². The van der Waals surface area contributed by atoms with Crippen LogP contribution in [-0.2, 0) is 0 Å². The van der Waals surface area contributed by atoms with Gasteiger partial charge in [0.1, 0.15) is 0 Å². The molecule has 2 N–H and O–H groups in total. The van der Waals surface area contributed by atoms with E-state index < -0.39 is 5.97 Å². The molecule has 1 aliphatic rings. The molecule has 2 atom stereocenters. The molecule has 1 heterocycles. The van der Waals surface area contributed by atoms with E-state index in [9.17, 15) is 9.90 Å². The number of hydrogen-bond acceptors (Lipinski definition) is 3. The van der Waals surface area contributed by atoms with Gasteiger partial charge in [-0.1, -0.05) is 46.8 Å². The van der Waals surface area contributed by atoms with Crippen LogP contribution in [0.1, 0.15) is 81.8 Å². The lowest BCUT2D eigenvalue weighted by Gasteiger charge is -2.40. The summed E-state index contributed by atoms with van der Waals surface area (Å²) in [6.45, 7) is 11.4. The van der Waals surface area contributed by atoms with Crippen molar-refractivity contribution in [2.45, 2.75) is 65.8 Å². The summed E-state index contributed by atoms with van der Waals surface area (Å²) in [5.41, 5.74) is 4.52. The van der Waals surface area contributed by atoms with Crippen LogP contribution in [0.5, 0.6) is 0 Å². The quantitative estimate of drug-likeness (QED) is 0.468. The van der Waals surface area contributed by atoms with Crippen LogP contribution in [0.15, 0.2) is 42.5 Å². The highest BCUT2D eigenvalue weighted by molar-refractivity contribution is 5.93. The number of carboxylic acids is 1. The number of rotatable bonds is 5. The van der Waals surface area contributed by atoms with Gasteiger partial charge in [-0.05, 0) is 72.4 Å². The first-order valence-corrected chi connectivity index (χ1v) is 11.3. The first-order chi connectivity index (χ1) is 14.6. The van der Waals surface area contributed by atoms with Crippen molar-refractivity contribution in [3.05, 3.63) is 53.6 Å². The largest absolute Gasteiger partial charge is 0.478 e. The Morgan fingerprint density at radius 3 is 2.48 bits per heavy atom. The second-order valence-corrected chi connectivity index (χ2v) is 10.3. The van der Waals surface area contributed by atoms with E-state index >= 15 is 0 Å². The van der Waals surface area contributed by atoms with Crippen molar-refractivity contribution in [1.29, 1.82) is 0 Å². The van der Waals surface area contributed by atoms with Gasteiger partial charge in [0.05, 0.1) is 16.6 Å². The number of fused-ring (bicyclic) bond motifs is 1. The van der Waals surface area contributed by atoms with Crippen molar-refractivity contribution in [2.24, 2.45) is 11.3 Å². The van der Waals surface area contributed by atoms with Crippen LogP contribution in [0.2, 0.25) is 0 Å². The standard InChI is InChI=1S/C26H33N3O2/c1-16(2)18-6-9-20(10-7-18)27-25-28-22-13-19(24(30)31)8-11-23(22)29(25)21-12-17(3)14-26(4,5)15-21/h6-11,13,16-17,21H,12,14-15H2,1-5H3,(H,27,28)(H,30,31)/t17-,21+/m1/s1. The van der Waals surface area contributed by atoms with Crippen LogP contribution >= 0.6 is 0 Å². The van der Waals surface area contributed by atoms with Gasteiger partial charge in [-0.3, -0.25) is 0 Å². The number of anilines is 2. The Kier molecular flexibility index (Phi) is 5.54. The number of benzene rings is 2. The summed E-state index contributed by atoms with van der Waals surface area (Å²) in [4.78, 5) is 16.3. The molecule has 0 saturated heterocycles. The van der Waals surface area contributed by atoms with Gasteiger partial charge < -0.3 is 15.0 Å². The highest BCUT2D eigenvalue weighted by atomic mass is 16.4. The van der Waals surface area contributed by atoms with Gasteiger partial charge in [-0.25, -0.2) is 9.78 Å². The molecular weight excluding hydrogens is 386 g/mol. The van der Waals surface area contributed by atoms with Crippen LogP contribution in [0.25, 0.3) is 11.0 Å². The van der Waals surface area contributed by atoms with E-state index in [0.717, 1.165) is 35.5 Å². The topological polar surface area (TPSA) is 67.2 Å². The summed E-state index contributed by atoms with van der Waals surface area (Å²) in [5, 5.41) is 12.9. The van der Waals surface area contributed by atoms with Crippen molar-refractivity contribution in [3.63, 3.8) is 0 Å². The minimum absolute atomic E-state index is 0.260. The molecule has 2 aromatic carbocycles. The lowest BCUT2D eigenvalue weighted by Crippen LogP contribution is -2.29. The monoisotopic (exact) mass is 419 g/mol. The molecule has 164 valence electrons. The van der Waals surface area contributed by atoms with E-state index in [-0.39, 0.29) is 11.0 Å². The molecule has 0 bridgehead atoms. The van der Waals surface area contributed by atoms with E-state index in [2.05, 4.69) is 68.8 Å². The Morgan fingerprint density at radius 2 is 1.87 bits per heavy atom. The fourth-order valence-corrected chi connectivity index (χ4v) is 5.26. The van der Waals surface area contributed by atoms with Gasteiger partial charge in [0.15, 0.2) is 0 Å². The lowest BCUT2D eigenvalue weighted by molar-refractivity contribution is 0.0697. The third-order valence-electron chi connectivity index (χ3n) is 6.50. The highest BCUT2D eigenvalue weighted by Gasteiger charge is 2.34. The van der Waals surface area contributed by atoms with Gasteiger partial charge in [-0.15, -0.1) is 0 Å². The second kappa shape index (κ2) is 8.03. The Morgan fingerprint density at radius 1 is 1.16 bits per heavy atom. The van der Waals surface area contributed by atoms with E-state index in [0.29, 0.717) is 17.9 Å². The van der Waals surface area contributed by atoms with E-state index in [1.807, 2.05) is 6.07 Å². The Bertz CT molecular complexity index is 1100. The van der Waals surface area contributed by atoms with Crippen LogP contribution in [0, 0.1) is 11.3 Å². The number of carboxylic acid groups (broad SMARTS) is 1. The molecule has 0 spiro atoms. The summed E-state index contributed by atoms with van der Waals surface area (Å²) in [7, 11) is 0. The molecule has 1 fully saturated rings. The van der Waals surface area contributed by atoms with Crippen LogP contribution in [0.4, 0.5) is 11.6 Å². The number of nitrogens with zero attached hydrogens (tertiary/aromatic N) is 2. The molecule has 4 rings (SSSR count). The number of hydrogen-bond donors (Lipinski definition) is 2. The minimum Gasteiger partial charge on any atom is -0.478 e. The maximum absolute atomic E-state index is 11.5. The van der Waals surface area contributed by atoms with Crippen molar-refractivity contribution in [1.82, 2.24) is 9.55 Å². The third-order valence-corrected chi connectivity index (χ3v) is 6.50. The molecule has 0 unspecified atom stereocenters. The summed E-state index contributed by atoms with van der Waals surface area (Å²) >= 11 is 0. The number of nitrogens with one attached hydrogen (secondary N) is 1. The summed E-state index contributed by atoms with van der Waals surface area (Å²) in [6, 6.07) is 14.1. The third kappa shape index (κ3) is 4.46. The minimum atomic E-state index is -0.928. The molecule has 3 aromatic rings. The molecule has 1 aliphatic carbocycles. The molecule has 5 nitrogen and oxygen atoms in total. The summed E-state index contributed by atoms with van der Waals surface area (Å²) in [5.74, 6) is 0.967. The zero-order chi connectivity index (χ0) is 22.3. The maximum atomic E-state index is 11.5. The number of aromatic nitrogens is 2. The highest BCUT2D eigenvalue weighted by Crippen LogP contribution is 2.46. The second-order valence-electron chi connectivity index (χ2n) is 10.3. The Balaban J connectivity index is 1.78. The smallest absolute Gasteiger partial charge is 0.335 e. The van der Waals surface area contributed by atoms with Crippen LogP contribution in [0.3, 0.4) is 0 Å². The average Bonchev–Trinajstić information content (AvgIpc) is 3.03. The maximum Gasteiger partial charge on any atom is 0.335 e. The molecule has 1 aromatic heterocycles. The fraction of sp³-hybridized carbons (Fsp3) is 0.462. The molecule has 31 heavy (non-hydrogen) atoms. The van der Waals surface area contributed by atoms with E-state index in [1.54, 1.807) is 12.1 Å².